The standard InChI is InChI=1S/C11H19NO5.C2H6/c1-6-4-8(5-7(2)17-6)9(10(13)14)12-11(15)16-3;1-2/h6-9H,4-5H2,1-3H3,(H,12,15)(H,13,14);1-2H3. The van der Waals surface area contributed by atoms with Gasteiger partial charge in [-0.2, -0.15) is 0 Å². The van der Waals surface area contributed by atoms with E-state index < -0.39 is 18.1 Å². The summed E-state index contributed by atoms with van der Waals surface area (Å²) >= 11 is 0. The van der Waals surface area contributed by atoms with Gasteiger partial charge in [-0.25, -0.2) is 9.59 Å². The predicted molar refractivity (Wildman–Crippen MR) is 71.0 cm³/mol. The lowest BCUT2D eigenvalue weighted by Gasteiger charge is -2.35. The average molecular weight is 275 g/mol. The average Bonchev–Trinajstić information content (AvgIpc) is 2.36. The van der Waals surface area contributed by atoms with E-state index in [2.05, 4.69) is 10.1 Å². The van der Waals surface area contributed by atoms with E-state index in [1.807, 2.05) is 27.7 Å². The summed E-state index contributed by atoms with van der Waals surface area (Å²) in [6.45, 7) is 7.80. The van der Waals surface area contributed by atoms with Gasteiger partial charge in [0, 0.05) is 0 Å². The molecule has 0 spiro atoms. The number of methoxy groups -OCH3 is 1. The molecule has 1 aliphatic rings. The Bertz CT molecular complexity index is 285. The molecule has 0 radical (unpaired) electrons. The van der Waals surface area contributed by atoms with Crippen LogP contribution in [0, 0.1) is 5.92 Å². The lowest BCUT2D eigenvalue weighted by molar-refractivity contribution is -0.143. The topological polar surface area (TPSA) is 84.9 Å². The third kappa shape index (κ3) is 5.92. The number of amides is 1. The molecule has 1 fully saturated rings. The fourth-order valence-electron chi connectivity index (χ4n) is 2.30. The molecule has 6 heteroatoms. The van der Waals surface area contributed by atoms with Crippen molar-refractivity contribution in [2.24, 2.45) is 5.92 Å². The molecule has 0 aromatic heterocycles. The number of alkyl carbamates (subject to hydrolysis) is 1. The Morgan fingerprint density at radius 3 is 2.11 bits per heavy atom. The van der Waals surface area contributed by atoms with Gasteiger partial charge in [0.25, 0.3) is 0 Å². The number of hydrogen-bond acceptors (Lipinski definition) is 4. The zero-order valence-corrected chi connectivity index (χ0v) is 12.3. The zero-order valence-electron chi connectivity index (χ0n) is 12.3. The number of hydrogen-bond donors (Lipinski definition) is 2. The molecule has 0 saturated carbocycles. The highest BCUT2D eigenvalue weighted by Crippen LogP contribution is 2.27. The maximum atomic E-state index is 11.2. The third-order valence-electron chi connectivity index (χ3n) is 2.93. The van der Waals surface area contributed by atoms with E-state index in [9.17, 15) is 9.59 Å². The molecule has 3 unspecified atom stereocenters. The molecular weight excluding hydrogens is 250 g/mol. The van der Waals surface area contributed by atoms with Crippen molar-refractivity contribution in [3.05, 3.63) is 0 Å². The van der Waals surface area contributed by atoms with Gasteiger partial charge in [0.1, 0.15) is 6.04 Å². The third-order valence-corrected chi connectivity index (χ3v) is 2.93. The van der Waals surface area contributed by atoms with Crippen molar-refractivity contribution in [2.45, 2.75) is 58.8 Å². The lowest BCUT2D eigenvalue weighted by atomic mass is 9.86. The first-order valence-electron chi connectivity index (χ1n) is 6.66. The fourth-order valence-corrected chi connectivity index (χ4v) is 2.30. The Morgan fingerprint density at radius 1 is 1.26 bits per heavy atom. The Labute approximate surface area is 114 Å². The van der Waals surface area contributed by atoms with Crippen LogP contribution in [0.25, 0.3) is 0 Å². The first kappa shape index (κ1) is 17.7. The van der Waals surface area contributed by atoms with E-state index in [4.69, 9.17) is 9.84 Å². The van der Waals surface area contributed by atoms with Crippen LogP contribution >= 0.6 is 0 Å². The largest absolute Gasteiger partial charge is 0.480 e. The van der Waals surface area contributed by atoms with Gasteiger partial charge in [-0.05, 0) is 32.6 Å². The van der Waals surface area contributed by atoms with Crippen molar-refractivity contribution in [1.82, 2.24) is 5.32 Å². The summed E-state index contributed by atoms with van der Waals surface area (Å²) in [7, 11) is 1.21. The minimum atomic E-state index is -1.04. The van der Waals surface area contributed by atoms with Crippen molar-refractivity contribution in [3.8, 4) is 0 Å². The number of carbonyl (C=O) groups is 2. The van der Waals surface area contributed by atoms with Crippen LogP contribution in [0.15, 0.2) is 0 Å². The Morgan fingerprint density at radius 2 is 1.74 bits per heavy atom. The van der Waals surface area contributed by atoms with Gasteiger partial charge in [0.2, 0.25) is 0 Å². The molecular formula is C13H25NO5. The van der Waals surface area contributed by atoms with Crippen LogP contribution < -0.4 is 5.32 Å². The monoisotopic (exact) mass is 275 g/mol. The van der Waals surface area contributed by atoms with E-state index in [1.54, 1.807) is 0 Å². The highest BCUT2D eigenvalue weighted by Gasteiger charge is 2.35. The van der Waals surface area contributed by atoms with E-state index >= 15 is 0 Å². The number of aliphatic carboxylic acids is 1. The SMILES string of the molecule is CC.COC(=O)NC(C(=O)O)C1CC(C)OC(C)C1. The van der Waals surface area contributed by atoms with Gasteiger partial charge in [-0.15, -0.1) is 0 Å². The zero-order chi connectivity index (χ0) is 15.0. The van der Waals surface area contributed by atoms with Crippen LogP contribution in [0.2, 0.25) is 0 Å². The molecule has 0 bridgehead atoms. The number of carbonyl (C=O) groups excluding carboxylic acids is 1. The van der Waals surface area contributed by atoms with Crippen LogP contribution in [0.3, 0.4) is 0 Å². The maximum Gasteiger partial charge on any atom is 0.407 e. The summed E-state index contributed by atoms with van der Waals surface area (Å²) < 4.78 is 9.97. The molecule has 6 nitrogen and oxygen atoms in total. The van der Waals surface area contributed by atoms with Gasteiger partial charge in [0.15, 0.2) is 0 Å². The van der Waals surface area contributed by atoms with Crippen molar-refractivity contribution in [2.75, 3.05) is 7.11 Å². The summed E-state index contributed by atoms with van der Waals surface area (Å²) in [5.74, 6) is -1.17. The summed E-state index contributed by atoms with van der Waals surface area (Å²) in [6.07, 6.45) is 0.524. The second-order valence-corrected chi connectivity index (χ2v) is 4.44. The van der Waals surface area contributed by atoms with Crippen LogP contribution in [0.4, 0.5) is 4.79 Å². The molecule has 3 atom stereocenters. The van der Waals surface area contributed by atoms with Gasteiger partial charge in [-0.1, -0.05) is 13.8 Å². The summed E-state index contributed by atoms with van der Waals surface area (Å²) in [5.41, 5.74) is 0. The second-order valence-electron chi connectivity index (χ2n) is 4.44. The van der Waals surface area contributed by atoms with E-state index in [0.717, 1.165) is 0 Å². The second kappa shape index (κ2) is 8.74. The molecule has 112 valence electrons. The summed E-state index contributed by atoms with van der Waals surface area (Å²) in [5, 5.41) is 11.5. The molecule has 0 aromatic carbocycles. The van der Waals surface area contributed by atoms with Crippen LogP contribution in [-0.2, 0) is 14.3 Å². The Kier molecular flexibility index (Phi) is 8.14. The molecule has 1 rings (SSSR count). The van der Waals surface area contributed by atoms with Gasteiger partial charge < -0.3 is 19.9 Å². The predicted octanol–water partition coefficient (Wildman–Crippen LogP) is 2.03. The van der Waals surface area contributed by atoms with Gasteiger partial charge in [0.05, 0.1) is 19.3 Å². The van der Waals surface area contributed by atoms with E-state index in [-0.39, 0.29) is 18.1 Å². The molecule has 1 heterocycles. The van der Waals surface area contributed by atoms with Crippen LogP contribution in [-0.4, -0.2) is 42.5 Å². The maximum absolute atomic E-state index is 11.2. The van der Waals surface area contributed by atoms with Crippen molar-refractivity contribution >= 4 is 12.1 Å². The van der Waals surface area contributed by atoms with Crippen LogP contribution in [0.5, 0.6) is 0 Å². The molecule has 0 aromatic rings. The molecule has 19 heavy (non-hydrogen) atoms. The summed E-state index contributed by atoms with van der Waals surface area (Å²) in [4.78, 5) is 22.3. The van der Waals surface area contributed by atoms with Gasteiger partial charge >= 0.3 is 12.1 Å². The molecule has 2 N–H and O–H groups in total. The highest BCUT2D eigenvalue weighted by atomic mass is 16.5. The fraction of sp³-hybridized carbons (Fsp3) is 0.846. The van der Waals surface area contributed by atoms with Crippen molar-refractivity contribution < 1.29 is 24.2 Å². The lowest BCUT2D eigenvalue weighted by Crippen LogP contribution is -2.49. The smallest absolute Gasteiger partial charge is 0.407 e. The van der Waals surface area contributed by atoms with Crippen molar-refractivity contribution in [1.29, 1.82) is 0 Å². The van der Waals surface area contributed by atoms with Crippen molar-refractivity contribution in [3.63, 3.8) is 0 Å². The Balaban J connectivity index is 0.00000154. The minimum Gasteiger partial charge on any atom is -0.480 e. The summed E-state index contributed by atoms with van der Waals surface area (Å²) in [6, 6.07) is -0.920. The Hall–Kier alpha value is -1.30. The number of ether oxygens (including phenoxy) is 2. The highest BCUT2D eigenvalue weighted by molar-refractivity contribution is 5.80. The molecule has 1 amide bonds. The molecule has 1 saturated heterocycles. The normalized spacial score (nSPS) is 27.5. The molecule has 1 aliphatic heterocycles. The number of rotatable bonds is 3. The first-order valence-corrected chi connectivity index (χ1v) is 6.66. The number of nitrogens with one attached hydrogen (secondary N) is 1. The van der Waals surface area contributed by atoms with E-state index in [1.165, 1.54) is 7.11 Å². The quantitative estimate of drug-likeness (QED) is 0.823. The number of carboxylic acid groups (broad SMARTS) is 1. The number of carboxylic acids is 1. The minimum absolute atomic E-state index is 0.00467. The van der Waals surface area contributed by atoms with E-state index in [0.29, 0.717) is 12.8 Å². The van der Waals surface area contributed by atoms with Gasteiger partial charge in [-0.3, -0.25) is 0 Å². The van der Waals surface area contributed by atoms with Crippen LogP contribution in [0.1, 0.15) is 40.5 Å². The molecule has 0 aliphatic carbocycles. The first-order chi connectivity index (χ1) is 8.93.